The van der Waals surface area contributed by atoms with Crippen LogP contribution in [-0.4, -0.2) is 56.7 Å². The van der Waals surface area contributed by atoms with Crippen molar-refractivity contribution in [3.8, 4) is 0 Å². The van der Waals surface area contributed by atoms with Gasteiger partial charge < -0.3 is 15.5 Å². The van der Waals surface area contributed by atoms with Gasteiger partial charge in [0.15, 0.2) is 0 Å². The molecule has 27 heavy (non-hydrogen) atoms. The summed E-state index contributed by atoms with van der Waals surface area (Å²) in [6, 6.07) is 16.9. The van der Waals surface area contributed by atoms with Gasteiger partial charge in [0.05, 0.1) is 5.69 Å². The number of carbonyl (C=O) groups excluding carboxylic acids is 1. The molecule has 144 valence electrons. The lowest BCUT2D eigenvalue weighted by Gasteiger charge is -2.36. The average Bonchev–Trinajstić information content (AvgIpc) is 2.70. The Morgan fingerprint density at radius 2 is 1.56 bits per heavy atom. The first kappa shape index (κ1) is 19.2. The van der Waals surface area contributed by atoms with Crippen LogP contribution >= 0.6 is 0 Å². The van der Waals surface area contributed by atoms with Crippen LogP contribution in [0.3, 0.4) is 0 Å². The standard InChI is InChI=1S/C21H27FN4O/c22-19-8-4-5-9-20(19)26-16-14-25(15-17-26)13-12-24-21(27)23-11-10-18-6-2-1-3-7-18/h1-9H,10-17H2,(H2,23,24,27). The maximum Gasteiger partial charge on any atom is 0.314 e. The molecule has 1 heterocycles. The molecule has 1 saturated heterocycles. The lowest BCUT2D eigenvalue weighted by atomic mass is 10.1. The topological polar surface area (TPSA) is 47.6 Å². The van der Waals surface area contributed by atoms with Crippen LogP contribution in [0.25, 0.3) is 0 Å². The minimum absolute atomic E-state index is 0.129. The fourth-order valence-corrected chi connectivity index (χ4v) is 3.28. The Labute approximate surface area is 160 Å². The van der Waals surface area contributed by atoms with Gasteiger partial charge in [-0.1, -0.05) is 42.5 Å². The van der Waals surface area contributed by atoms with Crippen molar-refractivity contribution in [2.24, 2.45) is 0 Å². The quantitative estimate of drug-likeness (QED) is 0.787. The van der Waals surface area contributed by atoms with Crippen molar-refractivity contribution in [1.82, 2.24) is 15.5 Å². The van der Waals surface area contributed by atoms with E-state index < -0.39 is 0 Å². The third-order valence-electron chi connectivity index (χ3n) is 4.82. The molecular weight excluding hydrogens is 343 g/mol. The fourth-order valence-electron chi connectivity index (χ4n) is 3.28. The van der Waals surface area contributed by atoms with E-state index in [9.17, 15) is 9.18 Å². The minimum Gasteiger partial charge on any atom is -0.367 e. The number of para-hydroxylation sites is 1. The molecule has 0 aliphatic carbocycles. The van der Waals surface area contributed by atoms with Crippen LogP contribution in [0.15, 0.2) is 54.6 Å². The SMILES string of the molecule is O=C(NCCc1ccccc1)NCCN1CCN(c2ccccc2F)CC1. The lowest BCUT2D eigenvalue weighted by Crippen LogP contribution is -2.49. The lowest BCUT2D eigenvalue weighted by molar-refractivity contribution is 0.232. The van der Waals surface area contributed by atoms with Crippen LogP contribution in [0, 0.1) is 5.82 Å². The Hall–Kier alpha value is -2.60. The summed E-state index contributed by atoms with van der Waals surface area (Å²) in [7, 11) is 0. The Bertz CT molecular complexity index is 717. The average molecular weight is 370 g/mol. The predicted octanol–water partition coefficient (Wildman–Crippen LogP) is 2.49. The van der Waals surface area contributed by atoms with Gasteiger partial charge in [0, 0.05) is 45.8 Å². The molecule has 5 nitrogen and oxygen atoms in total. The highest BCUT2D eigenvalue weighted by atomic mass is 19.1. The molecule has 0 bridgehead atoms. The van der Waals surface area contributed by atoms with E-state index in [1.165, 1.54) is 11.6 Å². The van der Waals surface area contributed by atoms with Crippen LogP contribution in [0.1, 0.15) is 5.56 Å². The highest BCUT2D eigenvalue weighted by Gasteiger charge is 2.18. The molecule has 0 atom stereocenters. The number of nitrogens with one attached hydrogen (secondary N) is 2. The van der Waals surface area contributed by atoms with E-state index in [0.29, 0.717) is 18.8 Å². The van der Waals surface area contributed by atoms with E-state index in [0.717, 1.165) is 39.1 Å². The van der Waals surface area contributed by atoms with E-state index in [4.69, 9.17) is 0 Å². The molecule has 2 N–H and O–H groups in total. The molecule has 1 aliphatic heterocycles. The monoisotopic (exact) mass is 370 g/mol. The second kappa shape index (κ2) is 9.92. The van der Waals surface area contributed by atoms with Gasteiger partial charge in [-0.2, -0.15) is 0 Å². The van der Waals surface area contributed by atoms with Gasteiger partial charge in [-0.25, -0.2) is 9.18 Å². The predicted molar refractivity (Wildman–Crippen MR) is 107 cm³/mol. The van der Waals surface area contributed by atoms with Crippen molar-refractivity contribution in [2.75, 3.05) is 50.7 Å². The number of hydrogen-bond acceptors (Lipinski definition) is 3. The van der Waals surface area contributed by atoms with E-state index in [1.54, 1.807) is 6.07 Å². The molecule has 6 heteroatoms. The summed E-state index contributed by atoms with van der Waals surface area (Å²) in [5, 5.41) is 5.79. The molecule has 2 aromatic rings. The molecule has 0 unspecified atom stereocenters. The van der Waals surface area contributed by atoms with Crippen molar-refractivity contribution in [2.45, 2.75) is 6.42 Å². The number of urea groups is 1. The van der Waals surface area contributed by atoms with E-state index in [2.05, 4.69) is 32.6 Å². The summed E-state index contributed by atoms with van der Waals surface area (Å²) in [6.45, 7) is 5.36. The van der Waals surface area contributed by atoms with E-state index in [-0.39, 0.29) is 11.8 Å². The van der Waals surface area contributed by atoms with Gasteiger partial charge in [0.2, 0.25) is 0 Å². The number of rotatable bonds is 7. The summed E-state index contributed by atoms with van der Waals surface area (Å²) < 4.78 is 13.9. The highest BCUT2D eigenvalue weighted by Crippen LogP contribution is 2.19. The molecule has 2 amide bonds. The van der Waals surface area contributed by atoms with Gasteiger partial charge in [0.1, 0.15) is 5.82 Å². The van der Waals surface area contributed by atoms with Crippen LogP contribution in [0.2, 0.25) is 0 Å². The third kappa shape index (κ3) is 5.96. The van der Waals surface area contributed by atoms with E-state index >= 15 is 0 Å². The zero-order valence-corrected chi connectivity index (χ0v) is 15.5. The van der Waals surface area contributed by atoms with Crippen LogP contribution in [0.4, 0.5) is 14.9 Å². The summed E-state index contributed by atoms with van der Waals surface area (Å²) in [4.78, 5) is 16.2. The highest BCUT2D eigenvalue weighted by molar-refractivity contribution is 5.73. The largest absolute Gasteiger partial charge is 0.367 e. The van der Waals surface area contributed by atoms with Gasteiger partial charge >= 0.3 is 6.03 Å². The zero-order chi connectivity index (χ0) is 18.9. The van der Waals surface area contributed by atoms with Crippen LogP contribution in [-0.2, 0) is 6.42 Å². The number of carbonyl (C=O) groups is 1. The number of hydrogen-bond donors (Lipinski definition) is 2. The smallest absolute Gasteiger partial charge is 0.314 e. The first-order valence-corrected chi connectivity index (χ1v) is 9.50. The molecule has 0 aromatic heterocycles. The molecule has 0 spiro atoms. The molecule has 1 fully saturated rings. The second-order valence-corrected chi connectivity index (χ2v) is 6.70. The number of piperazine rings is 1. The van der Waals surface area contributed by atoms with E-state index in [1.807, 2.05) is 30.3 Å². The zero-order valence-electron chi connectivity index (χ0n) is 15.5. The fraction of sp³-hybridized carbons (Fsp3) is 0.381. The Kier molecular flexibility index (Phi) is 7.04. The summed E-state index contributed by atoms with van der Waals surface area (Å²) >= 11 is 0. The molecule has 2 aromatic carbocycles. The van der Waals surface area contributed by atoms with Gasteiger partial charge in [-0.05, 0) is 24.1 Å². The Morgan fingerprint density at radius 1 is 0.889 bits per heavy atom. The molecule has 3 rings (SSSR count). The molecular formula is C21H27FN4O. The maximum atomic E-state index is 13.9. The number of benzene rings is 2. The molecule has 1 aliphatic rings. The first-order valence-electron chi connectivity index (χ1n) is 9.50. The van der Waals surface area contributed by atoms with Crippen molar-refractivity contribution in [3.63, 3.8) is 0 Å². The van der Waals surface area contributed by atoms with Gasteiger partial charge in [-0.3, -0.25) is 4.90 Å². The maximum absolute atomic E-state index is 13.9. The minimum atomic E-state index is -0.167. The molecule has 0 radical (unpaired) electrons. The number of halogens is 1. The van der Waals surface area contributed by atoms with Crippen LogP contribution in [0.5, 0.6) is 0 Å². The normalized spacial score (nSPS) is 14.8. The Balaban J connectivity index is 1.29. The molecule has 0 saturated carbocycles. The van der Waals surface area contributed by atoms with Crippen molar-refractivity contribution in [1.29, 1.82) is 0 Å². The van der Waals surface area contributed by atoms with Crippen molar-refractivity contribution >= 4 is 11.7 Å². The van der Waals surface area contributed by atoms with Crippen molar-refractivity contribution < 1.29 is 9.18 Å². The number of nitrogens with zero attached hydrogens (tertiary/aromatic N) is 2. The third-order valence-corrected chi connectivity index (χ3v) is 4.82. The van der Waals surface area contributed by atoms with Gasteiger partial charge in [-0.15, -0.1) is 0 Å². The number of anilines is 1. The van der Waals surface area contributed by atoms with Crippen LogP contribution < -0.4 is 15.5 Å². The first-order chi connectivity index (χ1) is 13.2. The van der Waals surface area contributed by atoms with Crippen molar-refractivity contribution in [3.05, 3.63) is 66.0 Å². The second-order valence-electron chi connectivity index (χ2n) is 6.70. The number of amides is 2. The Morgan fingerprint density at radius 3 is 2.30 bits per heavy atom. The summed E-state index contributed by atoms with van der Waals surface area (Å²) in [6.07, 6.45) is 0.826. The van der Waals surface area contributed by atoms with Gasteiger partial charge in [0.25, 0.3) is 0 Å². The summed E-state index contributed by atoms with van der Waals surface area (Å²) in [5.74, 6) is -0.167. The summed E-state index contributed by atoms with van der Waals surface area (Å²) in [5.41, 5.74) is 1.89.